The van der Waals surface area contributed by atoms with Crippen LogP contribution < -0.4 is 5.32 Å². The Morgan fingerprint density at radius 3 is 2.53 bits per heavy atom. The second kappa shape index (κ2) is 7.92. The lowest BCUT2D eigenvalue weighted by Crippen LogP contribution is -2.15. The highest BCUT2D eigenvalue weighted by molar-refractivity contribution is 6.30. The number of aryl methyl sites for hydroxylation is 2. The van der Waals surface area contributed by atoms with Crippen molar-refractivity contribution in [1.29, 1.82) is 0 Å². The second-order valence-electron chi connectivity index (χ2n) is 7.67. The fourth-order valence-electron chi connectivity index (χ4n) is 3.70. The number of hydrogen-bond donors (Lipinski definition) is 1. The van der Waals surface area contributed by atoms with Crippen molar-refractivity contribution in [2.75, 3.05) is 5.32 Å². The van der Waals surface area contributed by atoms with Gasteiger partial charge in [0.1, 0.15) is 0 Å². The van der Waals surface area contributed by atoms with E-state index in [1.807, 2.05) is 62.5 Å². The number of carbonyl (C=O) groups excluding carboxylic acids is 1. The van der Waals surface area contributed by atoms with E-state index in [0.29, 0.717) is 16.2 Å². The molecule has 0 radical (unpaired) electrons. The number of nitrogens with zero attached hydrogens (tertiary/aromatic N) is 3. The fraction of sp³-hybridized carbons (Fsp3) is 0.208. The van der Waals surface area contributed by atoms with E-state index in [1.54, 1.807) is 10.7 Å². The zero-order valence-electron chi connectivity index (χ0n) is 17.4. The van der Waals surface area contributed by atoms with Gasteiger partial charge in [-0.2, -0.15) is 5.10 Å². The maximum Gasteiger partial charge on any atom is 0.256 e. The number of fused-ring (bicyclic) bond motifs is 1. The minimum atomic E-state index is -0.195. The Balaban J connectivity index is 1.85. The third kappa shape index (κ3) is 3.68. The smallest absolute Gasteiger partial charge is 0.256 e. The number of pyridine rings is 1. The molecule has 0 aliphatic heterocycles. The van der Waals surface area contributed by atoms with Crippen LogP contribution in [0.2, 0.25) is 5.02 Å². The summed E-state index contributed by atoms with van der Waals surface area (Å²) in [6, 6.07) is 17.2. The first kappa shape index (κ1) is 20.1. The number of carbonyl (C=O) groups is 1. The minimum Gasteiger partial charge on any atom is -0.322 e. The molecule has 2 aromatic carbocycles. The van der Waals surface area contributed by atoms with Crippen LogP contribution in [0.25, 0.3) is 22.3 Å². The van der Waals surface area contributed by atoms with Crippen LogP contribution in [0.3, 0.4) is 0 Å². The molecule has 4 aromatic rings. The van der Waals surface area contributed by atoms with Gasteiger partial charge in [0.2, 0.25) is 0 Å². The molecule has 0 fully saturated rings. The molecule has 0 saturated carbocycles. The van der Waals surface area contributed by atoms with Crippen molar-refractivity contribution in [3.63, 3.8) is 0 Å². The van der Waals surface area contributed by atoms with Crippen LogP contribution in [-0.2, 0) is 7.05 Å². The summed E-state index contributed by atoms with van der Waals surface area (Å²) in [4.78, 5) is 18.2. The van der Waals surface area contributed by atoms with Crippen LogP contribution in [0.5, 0.6) is 0 Å². The SMILES string of the molecule is Cc1nn(C)c2nc(-c3ccccc3)cc(C(=O)Nc3ccc(Cl)cc3C(C)C)c12. The summed E-state index contributed by atoms with van der Waals surface area (Å²) in [6.45, 7) is 6.04. The molecule has 0 aliphatic rings. The van der Waals surface area contributed by atoms with Gasteiger partial charge in [-0.05, 0) is 42.7 Å². The van der Waals surface area contributed by atoms with Crippen LogP contribution in [0, 0.1) is 6.92 Å². The van der Waals surface area contributed by atoms with E-state index in [-0.39, 0.29) is 11.8 Å². The molecule has 2 heterocycles. The van der Waals surface area contributed by atoms with Crippen molar-refractivity contribution >= 4 is 34.2 Å². The molecule has 0 unspecified atom stereocenters. The van der Waals surface area contributed by atoms with Crippen LogP contribution in [-0.4, -0.2) is 20.7 Å². The number of benzene rings is 2. The Hall–Kier alpha value is -3.18. The molecular weight excluding hydrogens is 396 g/mol. The van der Waals surface area contributed by atoms with Gasteiger partial charge in [0, 0.05) is 23.3 Å². The molecule has 0 saturated heterocycles. The van der Waals surface area contributed by atoms with Gasteiger partial charge in [-0.15, -0.1) is 0 Å². The van der Waals surface area contributed by atoms with Gasteiger partial charge in [-0.3, -0.25) is 9.48 Å². The molecule has 0 bridgehead atoms. The highest BCUT2D eigenvalue weighted by Crippen LogP contribution is 2.30. The zero-order chi connectivity index (χ0) is 21.4. The number of rotatable bonds is 4. The first-order chi connectivity index (χ1) is 14.3. The number of halogens is 1. The highest BCUT2D eigenvalue weighted by Gasteiger charge is 2.20. The van der Waals surface area contributed by atoms with Crippen LogP contribution in [0.4, 0.5) is 5.69 Å². The molecule has 4 rings (SSSR count). The molecule has 1 amide bonds. The van der Waals surface area contributed by atoms with Gasteiger partial charge >= 0.3 is 0 Å². The van der Waals surface area contributed by atoms with E-state index in [4.69, 9.17) is 16.6 Å². The Morgan fingerprint density at radius 1 is 1.10 bits per heavy atom. The lowest BCUT2D eigenvalue weighted by atomic mass is 10.0. The summed E-state index contributed by atoms with van der Waals surface area (Å²) < 4.78 is 1.72. The molecular formula is C24H23ClN4O. The number of hydrogen-bond acceptors (Lipinski definition) is 3. The van der Waals surface area contributed by atoms with Crippen molar-refractivity contribution in [3.8, 4) is 11.3 Å². The van der Waals surface area contributed by atoms with Crippen LogP contribution in [0.15, 0.2) is 54.6 Å². The molecule has 1 N–H and O–H groups in total. The summed E-state index contributed by atoms with van der Waals surface area (Å²) >= 11 is 6.17. The van der Waals surface area contributed by atoms with E-state index in [9.17, 15) is 4.79 Å². The number of amides is 1. The molecule has 0 spiro atoms. The van der Waals surface area contributed by atoms with E-state index < -0.39 is 0 Å². The summed E-state index contributed by atoms with van der Waals surface area (Å²) in [6.07, 6.45) is 0. The van der Waals surface area contributed by atoms with Crippen LogP contribution >= 0.6 is 11.6 Å². The van der Waals surface area contributed by atoms with Gasteiger partial charge in [0.15, 0.2) is 5.65 Å². The number of anilines is 1. The molecule has 0 atom stereocenters. The third-order valence-corrected chi connectivity index (χ3v) is 5.40. The standard InChI is InChI=1S/C24H23ClN4O/c1-14(2)18-12-17(25)10-11-20(18)27-24(30)19-13-21(16-8-6-5-7-9-16)26-23-22(19)15(3)28-29(23)4/h5-14H,1-4H3,(H,27,30). The van der Waals surface area contributed by atoms with Crippen molar-refractivity contribution in [3.05, 3.63) is 76.4 Å². The van der Waals surface area contributed by atoms with E-state index in [1.165, 1.54) is 0 Å². The van der Waals surface area contributed by atoms with Crippen molar-refractivity contribution in [2.45, 2.75) is 26.7 Å². The Labute approximate surface area is 180 Å². The van der Waals surface area contributed by atoms with Crippen molar-refractivity contribution in [2.24, 2.45) is 7.05 Å². The Kier molecular flexibility index (Phi) is 5.31. The number of nitrogens with one attached hydrogen (secondary N) is 1. The van der Waals surface area contributed by atoms with E-state index in [0.717, 1.165) is 33.6 Å². The lowest BCUT2D eigenvalue weighted by molar-refractivity contribution is 0.102. The second-order valence-corrected chi connectivity index (χ2v) is 8.11. The summed E-state index contributed by atoms with van der Waals surface area (Å²) in [5, 5.41) is 8.98. The quantitative estimate of drug-likeness (QED) is 0.444. The first-order valence-corrected chi connectivity index (χ1v) is 10.2. The maximum absolute atomic E-state index is 13.4. The molecule has 152 valence electrons. The molecule has 5 nitrogen and oxygen atoms in total. The van der Waals surface area contributed by atoms with Gasteiger partial charge < -0.3 is 5.32 Å². The molecule has 30 heavy (non-hydrogen) atoms. The average molecular weight is 419 g/mol. The molecule has 0 aliphatic carbocycles. The summed E-state index contributed by atoms with van der Waals surface area (Å²) in [5.74, 6) is 0.0244. The highest BCUT2D eigenvalue weighted by atomic mass is 35.5. The van der Waals surface area contributed by atoms with Gasteiger partial charge in [0.25, 0.3) is 5.91 Å². The van der Waals surface area contributed by atoms with E-state index >= 15 is 0 Å². The summed E-state index contributed by atoms with van der Waals surface area (Å²) in [5.41, 5.74) is 5.43. The van der Waals surface area contributed by atoms with Gasteiger partial charge in [-0.1, -0.05) is 55.8 Å². The minimum absolute atomic E-state index is 0.195. The normalized spacial score (nSPS) is 11.3. The number of aromatic nitrogens is 3. The zero-order valence-corrected chi connectivity index (χ0v) is 18.2. The largest absolute Gasteiger partial charge is 0.322 e. The van der Waals surface area contributed by atoms with Gasteiger partial charge in [0.05, 0.1) is 22.3 Å². The maximum atomic E-state index is 13.4. The molecule has 2 aromatic heterocycles. The Bertz CT molecular complexity index is 1250. The topological polar surface area (TPSA) is 59.8 Å². The third-order valence-electron chi connectivity index (χ3n) is 5.17. The fourth-order valence-corrected chi connectivity index (χ4v) is 3.88. The monoisotopic (exact) mass is 418 g/mol. The molecule has 6 heteroatoms. The van der Waals surface area contributed by atoms with Crippen molar-refractivity contribution < 1.29 is 4.79 Å². The average Bonchev–Trinajstić information content (AvgIpc) is 3.02. The Morgan fingerprint density at radius 2 is 1.83 bits per heavy atom. The van der Waals surface area contributed by atoms with E-state index in [2.05, 4.69) is 24.3 Å². The van der Waals surface area contributed by atoms with Crippen molar-refractivity contribution in [1.82, 2.24) is 14.8 Å². The predicted octanol–water partition coefficient (Wildman–Crippen LogP) is 5.97. The van der Waals surface area contributed by atoms with Crippen LogP contribution in [0.1, 0.15) is 41.4 Å². The first-order valence-electron chi connectivity index (χ1n) is 9.85. The van der Waals surface area contributed by atoms with Gasteiger partial charge in [-0.25, -0.2) is 4.98 Å². The lowest BCUT2D eigenvalue weighted by Gasteiger charge is -2.15. The summed E-state index contributed by atoms with van der Waals surface area (Å²) in [7, 11) is 1.84. The predicted molar refractivity (Wildman–Crippen MR) is 122 cm³/mol.